The van der Waals surface area contributed by atoms with E-state index < -0.39 is 0 Å². The van der Waals surface area contributed by atoms with Crippen molar-refractivity contribution in [2.45, 2.75) is 272 Å². The SMILES string of the molecule is CCCCCCCCCCCCCc1nc(CCC)nc(CCCCCCCCCCCCC)c1CCCCCCCCCCCCC. The predicted octanol–water partition coefficient (Wildman–Crippen LogP) is 16.0. The molecule has 0 saturated heterocycles. The van der Waals surface area contributed by atoms with E-state index in [0.717, 1.165) is 18.7 Å². The number of hydrogen-bond donors (Lipinski definition) is 0. The Bertz CT molecular complexity index is 739. The summed E-state index contributed by atoms with van der Waals surface area (Å²) in [4.78, 5) is 10.5. The molecule has 0 spiro atoms. The second-order valence-corrected chi connectivity index (χ2v) is 15.6. The summed E-state index contributed by atoms with van der Waals surface area (Å²) in [6, 6.07) is 0. The first-order chi connectivity index (χ1) is 23.8. The van der Waals surface area contributed by atoms with E-state index in [9.17, 15) is 0 Å². The van der Waals surface area contributed by atoms with Crippen LogP contribution in [-0.2, 0) is 25.7 Å². The van der Waals surface area contributed by atoms with E-state index in [1.54, 1.807) is 5.56 Å². The molecule has 0 aliphatic heterocycles. The van der Waals surface area contributed by atoms with Crippen molar-refractivity contribution < 1.29 is 0 Å². The Hall–Kier alpha value is -0.920. The molecule has 0 unspecified atom stereocenters. The van der Waals surface area contributed by atoms with Crippen molar-refractivity contribution in [3.05, 3.63) is 22.8 Å². The smallest absolute Gasteiger partial charge is 0.128 e. The van der Waals surface area contributed by atoms with Gasteiger partial charge in [-0.1, -0.05) is 220 Å². The van der Waals surface area contributed by atoms with Gasteiger partial charge in [0.15, 0.2) is 0 Å². The van der Waals surface area contributed by atoms with Crippen LogP contribution < -0.4 is 0 Å². The first-order valence-corrected chi connectivity index (χ1v) is 22.6. The van der Waals surface area contributed by atoms with Gasteiger partial charge in [0.25, 0.3) is 0 Å². The number of aromatic nitrogens is 2. The van der Waals surface area contributed by atoms with Gasteiger partial charge in [0, 0.05) is 17.8 Å². The monoisotopic (exact) mass is 669 g/mol. The van der Waals surface area contributed by atoms with Crippen LogP contribution in [0, 0.1) is 0 Å². The molecule has 282 valence electrons. The molecule has 2 heteroatoms. The summed E-state index contributed by atoms with van der Waals surface area (Å²) in [7, 11) is 0. The van der Waals surface area contributed by atoms with E-state index in [2.05, 4.69) is 27.7 Å². The van der Waals surface area contributed by atoms with Gasteiger partial charge in [0.1, 0.15) is 5.82 Å². The van der Waals surface area contributed by atoms with Gasteiger partial charge in [-0.25, -0.2) is 9.97 Å². The summed E-state index contributed by atoms with van der Waals surface area (Å²) in [5.74, 6) is 1.14. The quantitative estimate of drug-likeness (QED) is 0.0655. The minimum absolute atomic E-state index is 1.04. The molecule has 0 fully saturated rings. The lowest BCUT2D eigenvalue weighted by molar-refractivity contribution is 0.542. The zero-order valence-corrected chi connectivity index (χ0v) is 33.8. The van der Waals surface area contributed by atoms with Gasteiger partial charge in [0.05, 0.1) is 0 Å². The molecule has 0 N–H and O–H groups in total. The van der Waals surface area contributed by atoms with Crippen LogP contribution in [0.1, 0.15) is 269 Å². The maximum absolute atomic E-state index is 5.27. The molecule has 48 heavy (non-hydrogen) atoms. The summed E-state index contributed by atoms with van der Waals surface area (Å²) in [5, 5.41) is 0. The minimum atomic E-state index is 1.04. The average Bonchev–Trinajstić information content (AvgIpc) is 3.09. The molecular formula is C46H88N2. The molecule has 0 amide bonds. The lowest BCUT2D eigenvalue weighted by atomic mass is 9.96. The summed E-state index contributed by atoms with van der Waals surface area (Å²) >= 11 is 0. The van der Waals surface area contributed by atoms with Gasteiger partial charge in [-0.3, -0.25) is 0 Å². The topological polar surface area (TPSA) is 25.8 Å². The molecule has 1 heterocycles. The standard InChI is InChI=1S/C46H88N2/c1-5-9-12-15-18-21-24-27-30-33-36-40-43-44(41-37-34-31-28-25-22-19-16-13-10-6-2)47-46(39-8-4)48-45(43)42-38-35-32-29-26-23-20-17-14-11-7-3/h5-42H2,1-4H3. The molecule has 1 aromatic rings. The normalized spacial score (nSPS) is 11.6. The molecule has 0 aromatic carbocycles. The van der Waals surface area contributed by atoms with Crippen molar-refractivity contribution in [2.75, 3.05) is 0 Å². The number of rotatable bonds is 38. The van der Waals surface area contributed by atoms with Gasteiger partial charge < -0.3 is 0 Å². The number of hydrogen-bond acceptors (Lipinski definition) is 2. The maximum atomic E-state index is 5.27. The third-order valence-corrected chi connectivity index (χ3v) is 10.8. The zero-order chi connectivity index (χ0) is 34.6. The van der Waals surface area contributed by atoms with Gasteiger partial charge in [-0.2, -0.15) is 0 Å². The summed E-state index contributed by atoms with van der Waals surface area (Å²) in [6.45, 7) is 9.23. The van der Waals surface area contributed by atoms with Crippen LogP contribution in [0.4, 0.5) is 0 Å². The predicted molar refractivity (Wildman–Crippen MR) is 217 cm³/mol. The molecule has 1 aromatic heterocycles. The van der Waals surface area contributed by atoms with Crippen LogP contribution >= 0.6 is 0 Å². The summed E-state index contributed by atoms with van der Waals surface area (Å²) in [6.07, 6.45) is 52.3. The van der Waals surface area contributed by atoms with Gasteiger partial charge in [-0.05, 0) is 50.5 Å². The fourth-order valence-corrected chi connectivity index (χ4v) is 7.55. The molecule has 1 rings (SSSR count). The molecule has 0 radical (unpaired) electrons. The van der Waals surface area contributed by atoms with E-state index in [1.165, 1.54) is 243 Å². The summed E-state index contributed by atoms with van der Waals surface area (Å²) in [5.41, 5.74) is 4.45. The third-order valence-electron chi connectivity index (χ3n) is 10.8. The van der Waals surface area contributed by atoms with Gasteiger partial charge >= 0.3 is 0 Å². The van der Waals surface area contributed by atoms with E-state index in [4.69, 9.17) is 9.97 Å². The van der Waals surface area contributed by atoms with Crippen LogP contribution in [0.2, 0.25) is 0 Å². The zero-order valence-electron chi connectivity index (χ0n) is 33.8. The van der Waals surface area contributed by atoms with Crippen molar-refractivity contribution in [3.8, 4) is 0 Å². The second-order valence-electron chi connectivity index (χ2n) is 15.6. The van der Waals surface area contributed by atoms with Crippen molar-refractivity contribution in [2.24, 2.45) is 0 Å². The Morgan fingerprint density at radius 2 is 0.500 bits per heavy atom. The minimum Gasteiger partial charge on any atom is -0.238 e. The van der Waals surface area contributed by atoms with E-state index >= 15 is 0 Å². The first kappa shape index (κ1) is 45.1. The van der Waals surface area contributed by atoms with Crippen LogP contribution in [0.25, 0.3) is 0 Å². The highest BCUT2D eigenvalue weighted by Crippen LogP contribution is 2.23. The molecule has 2 nitrogen and oxygen atoms in total. The number of nitrogens with zero attached hydrogens (tertiary/aromatic N) is 2. The molecule has 0 atom stereocenters. The van der Waals surface area contributed by atoms with Crippen LogP contribution in [0.3, 0.4) is 0 Å². The van der Waals surface area contributed by atoms with E-state index in [1.807, 2.05) is 0 Å². The highest BCUT2D eigenvalue weighted by Gasteiger charge is 2.14. The van der Waals surface area contributed by atoms with Crippen LogP contribution in [0.5, 0.6) is 0 Å². The van der Waals surface area contributed by atoms with Crippen LogP contribution in [0.15, 0.2) is 0 Å². The third kappa shape index (κ3) is 26.9. The Morgan fingerprint density at radius 1 is 0.250 bits per heavy atom. The number of aryl methyl sites for hydroxylation is 3. The lowest BCUT2D eigenvalue weighted by Gasteiger charge is -2.16. The maximum Gasteiger partial charge on any atom is 0.128 e. The van der Waals surface area contributed by atoms with Crippen molar-refractivity contribution in [1.82, 2.24) is 9.97 Å². The van der Waals surface area contributed by atoms with Crippen molar-refractivity contribution in [1.29, 1.82) is 0 Å². The summed E-state index contributed by atoms with van der Waals surface area (Å²) < 4.78 is 0. The Balaban J connectivity index is 2.59. The lowest BCUT2D eigenvalue weighted by Crippen LogP contribution is -2.11. The largest absolute Gasteiger partial charge is 0.238 e. The fourth-order valence-electron chi connectivity index (χ4n) is 7.55. The van der Waals surface area contributed by atoms with Gasteiger partial charge in [-0.15, -0.1) is 0 Å². The van der Waals surface area contributed by atoms with E-state index in [-0.39, 0.29) is 0 Å². The molecule has 0 bridgehead atoms. The van der Waals surface area contributed by atoms with Crippen LogP contribution in [-0.4, -0.2) is 9.97 Å². The first-order valence-electron chi connectivity index (χ1n) is 22.6. The van der Waals surface area contributed by atoms with Crippen molar-refractivity contribution in [3.63, 3.8) is 0 Å². The number of unbranched alkanes of at least 4 members (excludes halogenated alkanes) is 30. The Labute approximate surface area is 303 Å². The highest BCUT2D eigenvalue weighted by molar-refractivity contribution is 5.27. The fraction of sp³-hybridized carbons (Fsp3) is 0.913. The van der Waals surface area contributed by atoms with E-state index in [0.29, 0.717) is 0 Å². The molecular weight excluding hydrogens is 581 g/mol. The second kappa shape index (κ2) is 35.9. The van der Waals surface area contributed by atoms with Crippen molar-refractivity contribution >= 4 is 0 Å². The molecule has 0 aliphatic rings. The molecule has 0 aliphatic carbocycles. The van der Waals surface area contributed by atoms with Gasteiger partial charge in [0.2, 0.25) is 0 Å². The Morgan fingerprint density at radius 3 is 0.771 bits per heavy atom. The highest BCUT2D eigenvalue weighted by atomic mass is 14.9. The Kier molecular flexibility index (Phi) is 33.7. The molecule has 0 saturated carbocycles. The average molecular weight is 669 g/mol.